The number of hydrogen-bond donors (Lipinski definition) is 1. The standard InChI is InChI=1S/C25H16BrN3O5S/c26-17-9-7-15-3-2-6-21(20(15)13-17)29(35(32)33)22-14-18(11-12-27-22)28-25(31)19-5-1-4-16-8-10-23(30)34-24(16)19/h1-14H,(H,32,33)(H,27,28,31)/p-1. The molecular weight excluding hydrogens is 534 g/mol. The monoisotopic (exact) mass is 548 g/mol. The molecule has 174 valence electrons. The highest BCUT2D eigenvalue weighted by Crippen LogP contribution is 2.34. The van der Waals surface area contributed by atoms with Crippen molar-refractivity contribution in [1.29, 1.82) is 0 Å². The van der Waals surface area contributed by atoms with Crippen molar-refractivity contribution in [2.24, 2.45) is 0 Å². The molecular formula is C25H15BrN3O5S-. The molecule has 35 heavy (non-hydrogen) atoms. The molecule has 10 heteroatoms. The number of nitrogens with one attached hydrogen (secondary N) is 1. The van der Waals surface area contributed by atoms with Crippen LogP contribution in [0.1, 0.15) is 10.4 Å². The third kappa shape index (κ3) is 4.59. The van der Waals surface area contributed by atoms with Gasteiger partial charge in [0.05, 0.1) is 22.5 Å². The lowest BCUT2D eigenvalue weighted by molar-refractivity contribution is 0.102. The highest BCUT2D eigenvalue weighted by molar-refractivity contribution is 9.10. The number of hydrogen-bond acceptors (Lipinski definition) is 6. The van der Waals surface area contributed by atoms with E-state index in [2.05, 4.69) is 26.2 Å². The van der Waals surface area contributed by atoms with Gasteiger partial charge in [-0.25, -0.2) is 9.78 Å². The predicted molar refractivity (Wildman–Crippen MR) is 137 cm³/mol. The lowest BCUT2D eigenvalue weighted by Crippen LogP contribution is -2.21. The van der Waals surface area contributed by atoms with Crippen LogP contribution in [-0.4, -0.2) is 19.7 Å². The Kier molecular flexibility index (Phi) is 6.16. The van der Waals surface area contributed by atoms with Gasteiger partial charge < -0.3 is 14.3 Å². The third-order valence-electron chi connectivity index (χ3n) is 5.29. The van der Waals surface area contributed by atoms with Gasteiger partial charge in [0.2, 0.25) is 0 Å². The number of halogens is 1. The van der Waals surface area contributed by atoms with Gasteiger partial charge in [-0.1, -0.05) is 46.3 Å². The average molecular weight is 549 g/mol. The molecule has 8 nitrogen and oxygen atoms in total. The molecule has 0 aliphatic rings. The molecule has 1 amide bonds. The summed E-state index contributed by atoms with van der Waals surface area (Å²) < 4.78 is 31.7. The van der Waals surface area contributed by atoms with Crippen LogP contribution in [0.3, 0.4) is 0 Å². The Labute approximate surface area is 209 Å². The molecule has 0 saturated carbocycles. The van der Waals surface area contributed by atoms with Crippen molar-refractivity contribution < 1.29 is 18.0 Å². The maximum absolute atomic E-state index is 13.0. The Balaban J connectivity index is 1.53. The fourth-order valence-electron chi connectivity index (χ4n) is 3.76. The van der Waals surface area contributed by atoms with Crippen molar-refractivity contribution in [3.63, 3.8) is 0 Å². The topological polar surface area (TPSA) is 116 Å². The lowest BCUT2D eigenvalue weighted by Gasteiger charge is -2.27. The number of nitrogens with zero attached hydrogens (tertiary/aromatic N) is 2. The smallest absolute Gasteiger partial charge is 0.336 e. The summed E-state index contributed by atoms with van der Waals surface area (Å²) in [6.07, 6.45) is 1.40. The second kappa shape index (κ2) is 9.41. The van der Waals surface area contributed by atoms with Crippen LogP contribution >= 0.6 is 15.9 Å². The molecule has 2 heterocycles. The van der Waals surface area contributed by atoms with Gasteiger partial charge in [-0.15, -0.1) is 0 Å². The minimum Gasteiger partial charge on any atom is -0.755 e. The van der Waals surface area contributed by atoms with Gasteiger partial charge in [0, 0.05) is 39.3 Å². The molecule has 0 fully saturated rings. The van der Waals surface area contributed by atoms with Crippen molar-refractivity contribution in [3.8, 4) is 0 Å². The fraction of sp³-hybridized carbons (Fsp3) is 0. The number of pyridine rings is 1. The van der Waals surface area contributed by atoms with Crippen LogP contribution < -0.4 is 15.2 Å². The zero-order valence-corrected chi connectivity index (χ0v) is 20.2. The highest BCUT2D eigenvalue weighted by Gasteiger charge is 2.17. The van der Waals surface area contributed by atoms with Crippen LogP contribution in [0.15, 0.2) is 98.7 Å². The number of aromatic nitrogens is 1. The molecule has 2 aromatic heterocycles. The Morgan fingerprint density at radius 3 is 2.60 bits per heavy atom. The molecule has 0 bridgehead atoms. The van der Waals surface area contributed by atoms with Gasteiger partial charge in [-0.2, -0.15) is 0 Å². The first-order valence-electron chi connectivity index (χ1n) is 10.3. The Morgan fingerprint density at radius 1 is 1.00 bits per heavy atom. The number of rotatable bonds is 5. The first kappa shape index (κ1) is 22.9. The SMILES string of the molecule is O=C(Nc1ccnc(N(c2cccc3ccc(Br)cc23)S(=O)[O-])c1)c1cccc2ccc(=O)oc12. The second-order valence-electron chi connectivity index (χ2n) is 7.49. The van der Waals surface area contributed by atoms with Gasteiger partial charge in [0.25, 0.3) is 5.91 Å². The van der Waals surface area contributed by atoms with E-state index in [0.717, 1.165) is 14.2 Å². The van der Waals surface area contributed by atoms with Crippen molar-refractivity contribution in [2.75, 3.05) is 9.62 Å². The fourth-order valence-corrected chi connectivity index (χ4v) is 4.70. The van der Waals surface area contributed by atoms with E-state index in [1.54, 1.807) is 30.3 Å². The minimum atomic E-state index is -2.70. The number of para-hydroxylation sites is 1. The number of carbonyl (C=O) groups excluding carboxylic acids is 1. The summed E-state index contributed by atoms with van der Waals surface area (Å²) in [6.45, 7) is 0. The predicted octanol–water partition coefficient (Wildman–Crippen LogP) is 5.29. The first-order valence-corrected chi connectivity index (χ1v) is 12.1. The van der Waals surface area contributed by atoms with Crippen LogP contribution in [0.5, 0.6) is 0 Å². The lowest BCUT2D eigenvalue weighted by atomic mass is 10.1. The van der Waals surface area contributed by atoms with Gasteiger partial charge in [-0.05, 0) is 41.8 Å². The van der Waals surface area contributed by atoms with Crippen molar-refractivity contribution in [3.05, 3.63) is 106 Å². The maximum Gasteiger partial charge on any atom is 0.336 e. The van der Waals surface area contributed by atoms with Gasteiger partial charge in [-0.3, -0.25) is 13.3 Å². The van der Waals surface area contributed by atoms with Crippen LogP contribution in [-0.2, 0) is 11.3 Å². The number of fused-ring (bicyclic) bond motifs is 2. The van der Waals surface area contributed by atoms with E-state index in [-0.39, 0.29) is 17.0 Å². The molecule has 5 rings (SSSR count). The van der Waals surface area contributed by atoms with Crippen molar-refractivity contribution >= 4 is 72.0 Å². The largest absolute Gasteiger partial charge is 0.755 e. The van der Waals surface area contributed by atoms with Crippen molar-refractivity contribution in [2.45, 2.75) is 0 Å². The summed E-state index contributed by atoms with van der Waals surface area (Å²) in [6, 6.07) is 21.7. The summed E-state index contributed by atoms with van der Waals surface area (Å²) in [5, 5.41) is 4.88. The van der Waals surface area contributed by atoms with E-state index in [0.29, 0.717) is 22.1 Å². The van der Waals surface area contributed by atoms with Crippen LogP contribution in [0, 0.1) is 0 Å². The average Bonchev–Trinajstić information content (AvgIpc) is 2.84. The molecule has 1 unspecified atom stereocenters. The minimum absolute atomic E-state index is 0.0908. The zero-order valence-electron chi connectivity index (χ0n) is 17.8. The highest BCUT2D eigenvalue weighted by atomic mass is 79.9. The molecule has 0 spiro atoms. The van der Waals surface area contributed by atoms with Gasteiger partial charge in [0.1, 0.15) is 5.82 Å². The normalized spacial score (nSPS) is 11.9. The Morgan fingerprint density at radius 2 is 1.77 bits per heavy atom. The molecule has 0 aliphatic heterocycles. The van der Waals surface area contributed by atoms with E-state index < -0.39 is 22.8 Å². The zero-order chi connectivity index (χ0) is 24.5. The number of carbonyl (C=O) groups is 1. The molecule has 5 aromatic rings. The van der Waals surface area contributed by atoms with Crippen LogP contribution in [0.4, 0.5) is 17.2 Å². The molecule has 0 radical (unpaired) electrons. The summed E-state index contributed by atoms with van der Waals surface area (Å²) in [5.41, 5.74) is 0.479. The molecule has 1 N–H and O–H groups in total. The number of amides is 1. The van der Waals surface area contributed by atoms with Crippen LogP contribution in [0.25, 0.3) is 21.7 Å². The van der Waals surface area contributed by atoms with E-state index in [1.807, 2.05) is 24.3 Å². The molecule has 0 aliphatic carbocycles. The number of benzene rings is 3. The van der Waals surface area contributed by atoms with Gasteiger partial charge in [0.15, 0.2) is 5.58 Å². The molecule has 1 atom stereocenters. The maximum atomic E-state index is 13.0. The van der Waals surface area contributed by atoms with Crippen molar-refractivity contribution in [1.82, 2.24) is 4.98 Å². The third-order valence-corrected chi connectivity index (χ3v) is 6.47. The van der Waals surface area contributed by atoms with Crippen LogP contribution in [0.2, 0.25) is 0 Å². The Bertz CT molecular complexity index is 1690. The van der Waals surface area contributed by atoms with E-state index >= 15 is 0 Å². The summed E-state index contributed by atoms with van der Waals surface area (Å²) >= 11 is 0.726. The number of anilines is 3. The van der Waals surface area contributed by atoms with Gasteiger partial charge >= 0.3 is 5.63 Å². The quantitative estimate of drug-likeness (QED) is 0.235. The Hall–Kier alpha value is -3.86. The summed E-state index contributed by atoms with van der Waals surface area (Å²) in [7, 11) is 0. The second-order valence-corrected chi connectivity index (χ2v) is 9.20. The summed E-state index contributed by atoms with van der Waals surface area (Å²) in [5.74, 6) is -0.431. The summed E-state index contributed by atoms with van der Waals surface area (Å²) in [4.78, 5) is 28.9. The van der Waals surface area contributed by atoms with E-state index in [9.17, 15) is 18.4 Å². The first-order chi connectivity index (χ1) is 16.9. The van der Waals surface area contributed by atoms with E-state index in [1.165, 1.54) is 30.5 Å². The molecule has 0 saturated heterocycles. The molecule has 3 aromatic carbocycles. The van der Waals surface area contributed by atoms with E-state index in [4.69, 9.17) is 4.42 Å².